The summed E-state index contributed by atoms with van der Waals surface area (Å²) in [5, 5.41) is 5.87. The lowest BCUT2D eigenvalue weighted by Crippen LogP contribution is -2.29. The van der Waals surface area contributed by atoms with E-state index in [1.807, 2.05) is 6.07 Å². The molecule has 2 atom stereocenters. The van der Waals surface area contributed by atoms with Crippen LogP contribution in [-0.2, 0) is 0 Å². The summed E-state index contributed by atoms with van der Waals surface area (Å²) in [7, 11) is 0. The molecule has 0 spiro atoms. The molecule has 0 radical (unpaired) electrons. The molecule has 0 bridgehead atoms. The highest BCUT2D eigenvalue weighted by atomic mass is 16.2. The number of rotatable bonds is 3. The summed E-state index contributed by atoms with van der Waals surface area (Å²) in [5.74, 6) is 0.912. The van der Waals surface area contributed by atoms with Gasteiger partial charge in [0, 0.05) is 11.7 Å². The molecule has 112 valence electrons. The number of anilines is 1. The van der Waals surface area contributed by atoms with E-state index in [-0.39, 0.29) is 11.8 Å². The summed E-state index contributed by atoms with van der Waals surface area (Å²) < 4.78 is 0. The first-order valence-electron chi connectivity index (χ1n) is 7.81. The standard InChI is InChI=1S/C17H22N2O2/c1-10(2)11-4-3-5-12(8-11)18-13-6-7-14-15(9-13)17(21)19-16(14)20/h6-7,9-12,18H,3-5,8H2,1-2H3,(H,19,20,21). The van der Waals surface area contributed by atoms with Crippen molar-refractivity contribution in [1.82, 2.24) is 5.32 Å². The number of imide groups is 1. The summed E-state index contributed by atoms with van der Waals surface area (Å²) in [5.41, 5.74) is 1.91. The van der Waals surface area contributed by atoms with Crippen molar-refractivity contribution in [3.05, 3.63) is 29.3 Å². The van der Waals surface area contributed by atoms with Crippen LogP contribution < -0.4 is 10.6 Å². The molecule has 0 aromatic heterocycles. The van der Waals surface area contributed by atoms with Gasteiger partial charge in [0.15, 0.2) is 0 Å². The molecule has 2 amide bonds. The van der Waals surface area contributed by atoms with E-state index in [0.717, 1.165) is 17.5 Å². The maximum atomic E-state index is 11.7. The summed E-state index contributed by atoms with van der Waals surface area (Å²) in [4.78, 5) is 23.2. The molecule has 1 fully saturated rings. The van der Waals surface area contributed by atoms with Crippen molar-refractivity contribution in [3.63, 3.8) is 0 Å². The third-order valence-electron chi connectivity index (χ3n) is 4.76. The van der Waals surface area contributed by atoms with Crippen molar-refractivity contribution in [3.8, 4) is 0 Å². The fraction of sp³-hybridized carbons (Fsp3) is 0.529. The Balaban J connectivity index is 1.73. The van der Waals surface area contributed by atoms with Crippen molar-refractivity contribution in [2.45, 2.75) is 45.6 Å². The van der Waals surface area contributed by atoms with Crippen LogP contribution in [0.15, 0.2) is 18.2 Å². The predicted molar refractivity (Wildman–Crippen MR) is 82.4 cm³/mol. The first kappa shape index (κ1) is 14.1. The third-order valence-corrected chi connectivity index (χ3v) is 4.76. The molecule has 4 heteroatoms. The van der Waals surface area contributed by atoms with Gasteiger partial charge in [-0.1, -0.05) is 26.7 Å². The van der Waals surface area contributed by atoms with Crippen LogP contribution in [0.1, 0.15) is 60.2 Å². The van der Waals surface area contributed by atoms with E-state index >= 15 is 0 Å². The predicted octanol–water partition coefficient (Wildman–Crippen LogP) is 3.20. The number of carbonyl (C=O) groups is 2. The minimum absolute atomic E-state index is 0.289. The molecule has 2 aliphatic rings. The first-order valence-corrected chi connectivity index (χ1v) is 7.81. The van der Waals surface area contributed by atoms with E-state index in [1.54, 1.807) is 12.1 Å². The molecular formula is C17H22N2O2. The Morgan fingerprint density at radius 3 is 2.67 bits per heavy atom. The zero-order valence-electron chi connectivity index (χ0n) is 12.6. The second-order valence-electron chi connectivity index (χ2n) is 6.56. The summed E-state index contributed by atoms with van der Waals surface area (Å²) >= 11 is 0. The Morgan fingerprint density at radius 1 is 1.14 bits per heavy atom. The van der Waals surface area contributed by atoms with E-state index < -0.39 is 0 Å². The monoisotopic (exact) mass is 286 g/mol. The van der Waals surface area contributed by atoms with Crippen LogP contribution in [0.4, 0.5) is 5.69 Å². The highest BCUT2D eigenvalue weighted by molar-refractivity contribution is 6.21. The lowest BCUT2D eigenvalue weighted by Gasteiger charge is -2.32. The second-order valence-corrected chi connectivity index (χ2v) is 6.56. The van der Waals surface area contributed by atoms with Gasteiger partial charge in [-0.3, -0.25) is 14.9 Å². The van der Waals surface area contributed by atoms with Gasteiger partial charge in [0.25, 0.3) is 11.8 Å². The van der Waals surface area contributed by atoms with Gasteiger partial charge in [0.2, 0.25) is 0 Å². The SMILES string of the molecule is CC(C)C1CCCC(Nc2ccc3c(c2)C(=O)NC3=O)C1. The molecule has 3 rings (SSSR count). The van der Waals surface area contributed by atoms with E-state index in [9.17, 15) is 9.59 Å². The molecule has 1 heterocycles. The van der Waals surface area contributed by atoms with Crippen LogP contribution in [0.2, 0.25) is 0 Å². The average molecular weight is 286 g/mol. The molecule has 1 aromatic rings. The molecule has 2 N–H and O–H groups in total. The average Bonchev–Trinajstić information content (AvgIpc) is 2.74. The minimum Gasteiger partial charge on any atom is -0.382 e. The zero-order valence-corrected chi connectivity index (χ0v) is 12.6. The number of fused-ring (bicyclic) bond motifs is 1. The highest BCUT2D eigenvalue weighted by Gasteiger charge is 2.28. The topological polar surface area (TPSA) is 58.2 Å². The molecule has 0 saturated heterocycles. The van der Waals surface area contributed by atoms with E-state index in [1.165, 1.54) is 25.7 Å². The van der Waals surface area contributed by atoms with Crippen molar-refractivity contribution >= 4 is 17.5 Å². The molecule has 21 heavy (non-hydrogen) atoms. The van der Waals surface area contributed by atoms with Crippen LogP contribution in [0.5, 0.6) is 0 Å². The van der Waals surface area contributed by atoms with E-state index in [0.29, 0.717) is 17.2 Å². The quantitative estimate of drug-likeness (QED) is 0.839. The number of hydrogen-bond acceptors (Lipinski definition) is 3. The first-order chi connectivity index (χ1) is 10.0. The number of benzene rings is 1. The fourth-order valence-electron chi connectivity index (χ4n) is 3.46. The van der Waals surface area contributed by atoms with Crippen molar-refractivity contribution in [2.24, 2.45) is 11.8 Å². The van der Waals surface area contributed by atoms with Gasteiger partial charge in [0.1, 0.15) is 0 Å². The minimum atomic E-state index is -0.293. The molecule has 4 nitrogen and oxygen atoms in total. The summed E-state index contributed by atoms with van der Waals surface area (Å²) in [6, 6.07) is 5.90. The summed E-state index contributed by atoms with van der Waals surface area (Å²) in [6.45, 7) is 4.58. The number of hydrogen-bond donors (Lipinski definition) is 2. The largest absolute Gasteiger partial charge is 0.382 e. The Morgan fingerprint density at radius 2 is 1.90 bits per heavy atom. The smallest absolute Gasteiger partial charge is 0.259 e. The van der Waals surface area contributed by atoms with Crippen molar-refractivity contribution in [1.29, 1.82) is 0 Å². The van der Waals surface area contributed by atoms with Gasteiger partial charge in [-0.15, -0.1) is 0 Å². The molecule has 1 aromatic carbocycles. The lowest BCUT2D eigenvalue weighted by molar-refractivity contribution is 0.0879. The van der Waals surface area contributed by atoms with Gasteiger partial charge < -0.3 is 5.32 Å². The van der Waals surface area contributed by atoms with Crippen LogP contribution in [0.25, 0.3) is 0 Å². The fourth-order valence-corrected chi connectivity index (χ4v) is 3.46. The van der Waals surface area contributed by atoms with Gasteiger partial charge in [-0.25, -0.2) is 0 Å². The Hall–Kier alpha value is -1.84. The molecule has 1 aliphatic carbocycles. The Bertz CT molecular complexity index is 580. The number of carbonyl (C=O) groups excluding carboxylic acids is 2. The number of nitrogens with one attached hydrogen (secondary N) is 2. The van der Waals surface area contributed by atoms with Crippen molar-refractivity contribution < 1.29 is 9.59 Å². The van der Waals surface area contributed by atoms with Gasteiger partial charge >= 0.3 is 0 Å². The van der Waals surface area contributed by atoms with Gasteiger partial charge in [-0.05, 0) is 42.9 Å². The van der Waals surface area contributed by atoms with Gasteiger partial charge in [-0.2, -0.15) is 0 Å². The van der Waals surface area contributed by atoms with Crippen molar-refractivity contribution in [2.75, 3.05) is 5.32 Å². The maximum Gasteiger partial charge on any atom is 0.259 e. The van der Waals surface area contributed by atoms with E-state index in [2.05, 4.69) is 24.5 Å². The second kappa shape index (κ2) is 5.51. The summed E-state index contributed by atoms with van der Waals surface area (Å²) in [6.07, 6.45) is 4.92. The normalized spacial score (nSPS) is 24.9. The molecular weight excluding hydrogens is 264 g/mol. The molecule has 1 saturated carbocycles. The van der Waals surface area contributed by atoms with Crippen LogP contribution in [0, 0.1) is 11.8 Å². The van der Waals surface area contributed by atoms with E-state index in [4.69, 9.17) is 0 Å². The highest BCUT2D eigenvalue weighted by Crippen LogP contribution is 2.32. The van der Waals surface area contributed by atoms with Crippen LogP contribution in [0.3, 0.4) is 0 Å². The Kier molecular flexibility index (Phi) is 3.70. The lowest BCUT2D eigenvalue weighted by atomic mass is 9.79. The zero-order chi connectivity index (χ0) is 15.0. The maximum absolute atomic E-state index is 11.7. The molecule has 2 unspecified atom stereocenters. The molecule has 1 aliphatic heterocycles. The third kappa shape index (κ3) is 2.80. The number of amides is 2. The van der Waals surface area contributed by atoms with Crippen LogP contribution in [-0.4, -0.2) is 17.9 Å². The van der Waals surface area contributed by atoms with Gasteiger partial charge in [0.05, 0.1) is 11.1 Å². The van der Waals surface area contributed by atoms with Crippen LogP contribution >= 0.6 is 0 Å². The Labute approximate surface area is 125 Å².